The van der Waals surface area contributed by atoms with E-state index in [9.17, 15) is 8.42 Å². The molecule has 4 N–H and O–H groups in total. The number of anilines is 2. The summed E-state index contributed by atoms with van der Waals surface area (Å²) in [6, 6.07) is 1.94. The fraction of sp³-hybridized carbons (Fsp3) is 0.500. The number of aromatic nitrogens is 2. The molecule has 2 aromatic heterocycles. The molecule has 0 spiro atoms. The van der Waals surface area contributed by atoms with Crippen molar-refractivity contribution < 1.29 is 12.6 Å². The average molecular weight is 339 g/mol. The van der Waals surface area contributed by atoms with Gasteiger partial charge >= 0.3 is 0 Å². The number of aromatic amines is 1. The number of pyridine rings is 1. The molecule has 0 aliphatic carbocycles. The van der Waals surface area contributed by atoms with E-state index in [0.717, 1.165) is 48.9 Å². The van der Waals surface area contributed by atoms with Crippen LogP contribution in [0.1, 0.15) is 12.8 Å². The Hall–Kier alpha value is -1.84. The van der Waals surface area contributed by atoms with Gasteiger partial charge in [-0.2, -0.15) is 8.42 Å². The standard InChI is InChI=1S/C14H21N5O3S/c1-23(20,21)22-9-10-3-6-19(7-4-10)18-13-11-2-5-16-14(11)17-8-12(13)15/h2,5,8,10H,3-4,6-7,9,15H2,1H3,(H2,16,17,18). The third-order valence-corrected chi connectivity index (χ3v) is 4.58. The smallest absolute Gasteiger partial charge is 0.264 e. The highest BCUT2D eigenvalue weighted by Gasteiger charge is 2.22. The molecule has 0 amide bonds. The number of fused-ring (bicyclic) bond motifs is 1. The number of hydrogen-bond donors (Lipinski definition) is 3. The van der Waals surface area contributed by atoms with Crippen LogP contribution in [0, 0.1) is 5.92 Å². The Morgan fingerprint density at radius 3 is 2.91 bits per heavy atom. The van der Waals surface area contributed by atoms with Gasteiger partial charge in [-0.1, -0.05) is 0 Å². The molecule has 3 rings (SSSR count). The third-order valence-electron chi connectivity index (χ3n) is 4.02. The first-order valence-electron chi connectivity index (χ1n) is 7.50. The summed E-state index contributed by atoms with van der Waals surface area (Å²) in [7, 11) is -3.37. The van der Waals surface area contributed by atoms with E-state index in [2.05, 4.69) is 20.4 Å². The van der Waals surface area contributed by atoms with Gasteiger partial charge in [0.25, 0.3) is 10.1 Å². The maximum absolute atomic E-state index is 11.0. The number of rotatable bonds is 5. The normalized spacial score (nSPS) is 17.6. The highest BCUT2D eigenvalue weighted by Crippen LogP contribution is 2.28. The predicted molar refractivity (Wildman–Crippen MR) is 89.2 cm³/mol. The van der Waals surface area contributed by atoms with Gasteiger partial charge in [0.2, 0.25) is 0 Å². The lowest BCUT2D eigenvalue weighted by Gasteiger charge is -2.32. The quantitative estimate of drug-likeness (QED) is 0.700. The van der Waals surface area contributed by atoms with Crippen molar-refractivity contribution in [2.24, 2.45) is 5.92 Å². The van der Waals surface area contributed by atoms with Gasteiger partial charge < -0.3 is 16.1 Å². The molecule has 3 heterocycles. The van der Waals surface area contributed by atoms with Crippen LogP contribution in [-0.4, -0.2) is 49.3 Å². The number of nitrogens with two attached hydrogens (primary N) is 1. The SMILES string of the molecule is CS(=O)(=O)OCC1CCN(Nc2c(N)cnc3[nH]ccc23)CC1. The Balaban J connectivity index is 1.60. The molecule has 0 unspecified atom stereocenters. The lowest BCUT2D eigenvalue weighted by Crippen LogP contribution is -2.39. The number of piperidine rings is 1. The second-order valence-corrected chi connectivity index (χ2v) is 7.50. The Bertz CT molecular complexity index is 781. The molecule has 1 saturated heterocycles. The van der Waals surface area contributed by atoms with Gasteiger partial charge in [0, 0.05) is 24.7 Å². The maximum Gasteiger partial charge on any atom is 0.264 e. The average Bonchev–Trinajstić information content (AvgIpc) is 2.97. The number of H-pyrrole nitrogens is 1. The van der Waals surface area contributed by atoms with E-state index in [1.54, 1.807) is 6.20 Å². The largest absolute Gasteiger partial charge is 0.396 e. The van der Waals surface area contributed by atoms with Crippen LogP contribution in [0.25, 0.3) is 11.0 Å². The molecule has 8 nitrogen and oxygen atoms in total. The van der Waals surface area contributed by atoms with Crippen molar-refractivity contribution >= 4 is 32.5 Å². The highest BCUT2D eigenvalue weighted by molar-refractivity contribution is 7.85. The van der Waals surface area contributed by atoms with Crippen LogP contribution >= 0.6 is 0 Å². The predicted octanol–water partition coefficient (Wildman–Crippen LogP) is 1.16. The van der Waals surface area contributed by atoms with Gasteiger partial charge in [0.1, 0.15) is 5.65 Å². The topological polar surface area (TPSA) is 113 Å². The number of nitrogens with zero attached hydrogens (tertiary/aromatic N) is 2. The van der Waals surface area contributed by atoms with E-state index >= 15 is 0 Å². The summed E-state index contributed by atoms with van der Waals surface area (Å²) >= 11 is 0. The molecule has 0 aromatic carbocycles. The van der Waals surface area contributed by atoms with Crippen LogP contribution in [0.2, 0.25) is 0 Å². The lowest BCUT2D eigenvalue weighted by molar-refractivity contribution is 0.163. The van der Waals surface area contributed by atoms with Gasteiger partial charge in [-0.05, 0) is 24.8 Å². The third kappa shape index (κ3) is 3.92. The molecular weight excluding hydrogens is 318 g/mol. The second kappa shape index (κ2) is 6.34. The molecule has 0 saturated carbocycles. The van der Waals surface area contributed by atoms with Crippen LogP contribution in [0.15, 0.2) is 18.5 Å². The van der Waals surface area contributed by atoms with E-state index < -0.39 is 10.1 Å². The van der Waals surface area contributed by atoms with Gasteiger partial charge in [-0.3, -0.25) is 4.18 Å². The van der Waals surface area contributed by atoms with Crippen molar-refractivity contribution in [3.8, 4) is 0 Å². The number of hydrazine groups is 1. The van der Waals surface area contributed by atoms with Crippen LogP contribution < -0.4 is 11.2 Å². The summed E-state index contributed by atoms with van der Waals surface area (Å²) in [5.41, 5.74) is 11.6. The molecule has 2 aromatic rings. The van der Waals surface area contributed by atoms with E-state index in [1.807, 2.05) is 12.3 Å². The Kier molecular flexibility index (Phi) is 4.42. The van der Waals surface area contributed by atoms with E-state index in [4.69, 9.17) is 9.92 Å². The molecule has 0 bridgehead atoms. The first-order chi connectivity index (χ1) is 10.9. The number of nitrogen functional groups attached to an aromatic ring is 1. The fourth-order valence-corrected chi connectivity index (χ4v) is 3.18. The molecule has 1 fully saturated rings. The molecule has 1 aliphatic heterocycles. The van der Waals surface area contributed by atoms with Gasteiger partial charge in [-0.15, -0.1) is 0 Å². The van der Waals surface area contributed by atoms with Crippen LogP contribution in [-0.2, 0) is 14.3 Å². The molecule has 0 atom stereocenters. The van der Waals surface area contributed by atoms with Crippen LogP contribution in [0.4, 0.5) is 11.4 Å². The molecule has 9 heteroatoms. The zero-order chi connectivity index (χ0) is 16.4. The van der Waals surface area contributed by atoms with Crippen molar-refractivity contribution in [2.45, 2.75) is 12.8 Å². The zero-order valence-electron chi connectivity index (χ0n) is 12.9. The van der Waals surface area contributed by atoms with Crippen molar-refractivity contribution in [1.29, 1.82) is 0 Å². The molecule has 0 radical (unpaired) electrons. The summed E-state index contributed by atoms with van der Waals surface area (Å²) in [4.78, 5) is 7.31. The monoisotopic (exact) mass is 339 g/mol. The number of nitrogens with one attached hydrogen (secondary N) is 2. The summed E-state index contributed by atoms with van der Waals surface area (Å²) in [5, 5.41) is 3.04. The first-order valence-corrected chi connectivity index (χ1v) is 9.31. The minimum Gasteiger partial charge on any atom is -0.396 e. The van der Waals surface area contributed by atoms with Gasteiger partial charge in [0.05, 0.1) is 30.4 Å². The minimum atomic E-state index is -3.37. The Morgan fingerprint density at radius 2 is 2.22 bits per heavy atom. The second-order valence-electron chi connectivity index (χ2n) is 5.86. The first kappa shape index (κ1) is 16.0. The summed E-state index contributed by atoms with van der Waals surface area (Å²) in [5.74, 6) is 0.254. The van der Waals surface area contributed by atoms with Crippen molar-refractivity contribution in [1.82, 2.24) is 15.0 Å². The van der Waals surface area contributed by atoms with Gasteiger partial charge in [0.15, 0.2) is 0 Å². The zero-order valence-corrected chi connectivity index (χ0v) is 13.8. The molecular formula is C14H21N5O3S. The molecule has 23 heavy (non-hydrogen) atoms. The van der Waals surface area contributed by atoms with Crippen LogP contribution in [0.5, 0.6) is 0 Å². The maximum atomic E-state index is 11.0. The minimum absolute atomic E-state index is 0.254. The Morgan fingerprint density at radius 1 is 1.48 bits per heavy atom. The van der Waals surface area contributed by atoms with E-state index in [0.29, 0.717) is 5.69 Å². The summed E-state index contributed by atoms with van der Waals surface area (Å²) in [6.07, 6.45) is 6.27. The summed E-state index contributed by atoms with van der Waals surface area (Å²) < 4.78 is 27.0. The van der Waals surface area contributed by atoms with E-state index in [-0.39, 0.29) is 12.5 Å². The Labute approximate surface area is 135 Å². The fourth-order valence-electron chi connectivity index (χ4n) is 2.74. The summed E-state index contributed by atoms with van der Waals surface area (Å²) in [6.45, 7) is 1.85. The molecule has 1 aliphatic rings. The van der Waals surface area contributed by atoms with Crippen LogP contribution in [0.3, 0.4) is 0 Å². The van der Waals surface area contributed by atoms with E-state index in [1.165, 1.54) is 0 Å². The highest BCUT2D eigenvalue weighted by atomic mass is 32.2. The lowest BCUT2D eigenvalue weighted by atomic mass is 9.99. The van der Waals surface area contributed by atoms with Gasteiger partial charge in [-0.25, -0.2) is 9.99 Å². The number of hydrogen-bond acceptors (Lipinski definition) is 7. The van der Waals surface area contributed by atoms with Crippen molar-refractivity contribution in [2.75, 3.05) is 37.1 Å². The van der Waals surface area contributed by atoms with Crippen molar-refractivity contribution in [3.63, 3.8) is 0 Å². The molecule has 126 valence electrons. The van der Waals surface area contributed by atoms with Crippen molar-refractivity contribution in [3.05, 3.63) is 18.5 Å².